The van der Waals surface area contributed by atoms with Crippen molar-refractivity contribution in [1.29, 1.82) is 0 Å². The molecular weight excluding hydrogens is 487 g/mol. The lowest BCUT2D eigenvalue weighted by Gasteiger charge is -2.25. The van der Waals surface area contributed by atoms with E-state index in [0.717, 1.165) is 11.1 Å². The van der Waals surface area contributed by atoms with E-state index in [4.69, 9.17) is 4.74 Å². The number of allylic oxidation sites excluding steroid dienone is 2. The topological polar surface area (TPSA) is 95.9 Å². The molecule has 0 fully saturated rings. The van der Waals surface area contributed by atoms with Gasteiger partial charge in [-0.05, 0) is 55.9 Å². The van der Waals surface area contributed by atoms with Crippen molar-refractivity contribution in [2.75, 3.05) is 19.8 Å². The number of aliphatic hydroxyl groups excluding tert-OH is 1. The van der Waals surface area contributed by atoms with Crippen molar-refractivity contribution in [2.45, 2.75) is 51.6 Å². The molecule has 3 atom stereocenters. The largest absolute Gasteiger partial charge is 0.463 e. The lowest BCUT2D eigenvalue weighted by Crippen LogP contribution is -2.42. The normalized spacial score (nSPS) is 21.7. The van der Waals surface area contributed by atoms with Gasteiger partial charge >= 0.3 is 5.97 Å². The van der Waals surface area contributed by atoms with Crippen molar-refractivity contribution in [2.24, 2.45) is 11.8 Å². The van der Waals surface area contributed by atoms with Gasteiger partial charge in [-0.2, -0.15) is 0 Å². The van der Waals surface area contributed by atoms with Crippen LogP contribution in [0.4, 0.5) is 4.39 Å². The van der Waals surface area contributed by atoms with Gasteiger partial charge in [-0.15, -0.1) is 0 Å². The third-order valence-corrected chi connectivity index (χ3v) is 6.59. The molecule has 2 aromatic carbocycles. The monoisotopic (exact) mass is 524 g/mol. The number of benzene rings is 2. The SMILES string of the molecule is C[C@H]1COC(=O)[C@@H](Cc2ccc(F)cc2)CC/C=C/C[C@@H](CC(=O)N(CCO)Cc2ccccc2)C(=O)N1. The maximum Gasteiger partial charge on any atom is 0.309 e. The van der Waals surface area contributed by atoms with Gasteiger partial charge in [0.25, 0.3) is 0 Å². The first-order valence-corrected chi connectivity index (χ1v) is 13.1. The molecule has 0 spiro atoms. The number of carbonyl (C=O) groups is 3. The van der Waals surface area contributed by atoms with E-state index in [9.17, 15) is 23.9 Å². The Balaban J connectivity index is 1.67. The minimum atomic E-state index is -0.593. The van der Waals surface area contributed by atoms with Gasteiger partial charge in [0.1, 0.15) is 12.4 Å². The Morgan fingerprint density at radius 1 is 1.05 bits per heavy atom. The fourth-order valence-corrected chi connectivity index (χ4v) is 4.45. The lowest BCUT2D eigenvalue weighted by molar-refractivity contribution is -0.150. The molecule has 0 aliphatic carbocycles. The van der Waals surface area contributed by atoms with Crippen LogP contribution in [0, 0.1) is 17.7 Å². The maximum absolute atomic E-state index is 13.3. The van der Waals surface area contributed by atoms with Crippen LogP contribution in [0.2, 0.25) is 0 Å². The average molecular weight is 525 g/mol. The summed E-state index contributed by atoms with van der Waals surface area (Å²) in [6, 6.07) is 15.2. The molecule has 0 bridgehead atoms. The molecule has 1 aliphatic rings. The number of halogens is 1. The van der Waals surface area contributed by atoms with Crippen molar-refractivity contribution in [3.8, 4) is 0 Å². The van der Waals surface area contributed by atoms with Crippen LogP contribution < -0.4 is 5.32 Å². The predicted octanol–water partition coefficient (Wildman–Crippen LogP) is 3.80. The fraction of sp³-hybridized carbons (Fsp3) is 0.433. The summed E-state index contributed by atoms with van der Waals surface area (Å²) >= 11 is 0. The van der Waals surface area contributed by atoms with Crippen LogP contribution in [-0.4, -0.2) is 53.6 Å². The highest BCUT2D eigenvalue weighted by atomic mass is 19.1. The highest BCUT2D eigenvalue weighted by Crippen LogP contribution is 2.20. The van der Waals surface area contributed by atoms with Crippen molar-refractivity contribution < 1.29 is 28.6 Å². The summed E-state index contributed by atoms with van der Waals surface area (Å²) in [6.07, 6.45) is 5.77. The first-order valence-electron chi connectivity index (χ1n) is 13.1. The number of ether oxygens (including phenoxy) is 1. The van der Waals surface area contributed by atoms with Gasteiger partial charge in [-0.1, -0.05) is 54.6 Å². The van der Waals surface area contributed by atoms with E-state index >= 15 is 0 Å². The summed E-state index contributed by atoms with van der Waals surface area (Å²) in [5, 5.41) is 12.4. The molecule has 0 aromatic heterocycles. The molecule has 2 N–H and O–H groups in total. The molecule has 1 aliphatic heterocycles. The Bertz CT molecular complexity index is 1070. The number of amides is 2. The molecule has 38 heavy (non-hydrogen) atoms. The van der Waals surface area contributed by atoms with Gasteiger partial charge < -0.3 is 20.1 Å². The molecule has 1 heterocycles. The second-order valence-corrected chi connectivity index (χ2v) is 9.78. The number of carbonyl (C=O) groups excluding carboxylic acids is 3. The average Bonchev–Trinajstić information content (AvgIpc) is 2.91. The van der Waals surface area contributed by atoms with Crippen LogP contribution in [0.25, 0.3) is 0 Å². The van der Waals surface area contributed by atoms with Crippen molar-refractivity contribution >= 4 is 17.8 Å². The smallest absolute Gasteiger partial charge is 0.309 e. The standard InChI is InChI=1S/C30H37FN2O5/c1-22-21-38-30(37)26(18-23-12-14-27(31)15-13-23)11-7-3-6-10-25(29(36)32-22)19-28(35)33(16-17-34)20-24-8-4-2-5-9-24/h2-6,8-9,12-15,22,25-26,34H,7,10-11,16-21H2,1H3,(H,32,36)/b6-3+/t22-,25-,26+/m0/s1. The number of aliphatic hydroxyl groups is 1. The van der Waals surface area contributed by atoms with Gasteiger partial charge in [0, 0.05) is 19.5 Å². The first-order chi connectivity index (χ1) is 18.4. The molecular formula is C30H37FN2O5. The third kappa shape index (κ3) is 9.41. The van der Waals surface area contributed by atoms with E-state index in [1.165, 1.54) is 12.1 Å². The number of esters is 1. The van der Waals surface area contributed by atoms with E-state index in [0.29, 0.717) is 32.2 Å². The number of hydrogen-bond acceptors (Lipinski definition) is 5. The van der Waals surface area contributed by atoms with Crippen molar-refractivity contribution in [3.05, 3.63) is 83.7 Å². The zero-order chi connectivity index (χ0) is 27.3. The summed E-state index contributed by atoms with van der Waals surface area (Å²) in [5.74, 6) is -2.15. The highest BCUT2D eigenvalue weighted by molar-refractivity contribution is 5.86. The van der Waals surface area contributed by atoms with Crippen LogP contribution in [0.5, 0.6) is 0 Å². The van der Waals surface area contributed by atoms with E-state index < -0.39 is 17.9 Å². The number of cyclic esters (lactones) is 1. The number of nitrogens with zero attached hydrogens (tertiary/aromatic N) is 1. The van der Waals surface area contributed by atoms with Crippen LogP contribution in [0.15, 0.2) is 66.7 Å². The Labute approximate surface area is 223 Å². The Morgan fingerprint density at radius 2 is 1.79 bits per heavy atom. The summed E-state index contributed by atoms with van der Waals surface area (Å²) in [5.41, 5.74) is 1.80. The van der Waals surface area contributed by atoms with Crippen LogP contribution in [0.1, 0.15) is 43.7 Å². The van der Waals surface area contributed by atoms with Gasteiger partial charge in [-0.25, -0.2) is 4.39 Å². The molecule has 0 saturated heterocycles. The van der Waals surface area contributed by atoms with Crippen molar-refractivity contribution in [1.82, 2.24) is 10.2 Å². The zero-order valence-corrected chi connectivity index (χ0v) is 21.9. The van der Waals surface area contributed by atoms with Gasteiger partial charge in [0.15, 0.2) is 0 Å². The van der Waals surface area contributed by atoms with Crippen LogP contribution in [-0.2, 0) is 32.1 Å². The second kappa shape index (κ2) is 15.0. The molecule has 7 nitrogen and oxygen atoms in total. The van der Waals surface area contributed by atoms with E-state index in [-0.39, 0.29) is 49.8 Å². The summed E-state index contributed by atoms with van der Waals surface area (Å²) < 4.78 is 18.8. The van der Waals surface area contributed by atoms with Crippen LogP contribution in [0.3, 0.4) is 0 Å². The van der Waals surface area contributed by atoms with E-state index in [1.54, 1.807) is 24.0 Å². The molecule has 0 saturated carbocycles. The van der Waals surface area contributed by atoms with Crippen LogP contribution >= 0.6 is 0 Å². The molecule has 8 heteroatoms. The minimum Gasteiger partial charge on any atom is -0.463 e. The Hall–Kier alpha value is -3.52. The lowest BCUT2D eigenvalue weighted by atomic mass is 9.94. The Kier molecular flexibility index (Phi) is 11.5. The van der Waals surface area contributed by atoms with Gasteiger partial charge in [0.05, 0.1) is 24.5 Å². The number of rotatable bonds is 8. The van der Waals surface area contributed by atoms with Crippen molar-refractivity contribution in [3.63, 3.8) is 0 Å². The zero-order valence-electron chi connectivity index (χ0n) is 21.9. The Morgan fingerprint density at radius 3 is 2.50 bits per heavy atom. The predicted molar refractivity (Wildman–Crippen MR) is 142 cm³/mol. The third-order valence-electron chi connectivity index (χ3n) is 6.59. The molecule has 2 amide bonds. The number of nitrogens with one attached hydrogen (secondary N) is 1. The van der Waals surface area contributed by atoms with E-state index in [2.05, 4.69) is 5.32 Å². The second-order valence-electron chi connectivity index (χ2n) is 9.78. The first kappa shape index (κ1) is 29.0. The fourth-order valence-electron chi connectivity index (χ4n) is 4.45. The molecule has 3 rings (SSSR count). The quantitative estimate of drug-likeness (QED) is 0.405. The number of hydrogen-bond donors (Lipinski definition) is 2. The minimum absolute atomic E-state index is 0.00268. The summed E-state index contributed by atoms with van der Waals surface area (Å²) in [4.78, 5) is 40.6. The molecule has 0 unspecified atom stereocenters. The highest BCUT2D eigenvalue weighted by Gasteiger charge is 2.27. The molecule has 2 aromatic rings. The summed E-state index contributed by atoms with van der Waals surface area (Å²) in [6.45, 7) is 2.13. The maximum atomic E-state index is 13.3. The molecule has 0 radical (unpaired) electrons. The summed E-state index contributed by atoms with van der Waals surface area (Å²) in [7, 11) is 0. The molecule has 204 valence electrons. The van der Waals surface area contributed by atoms with Gasteiger partial charge in [0.2, 0.25) is 11.8 Å². The van der Waals surface area contributed by atoms with E-state index in [1.807, 2.05) is 42.5 Å². The van der Waals surface area contributed by atoms with Gasteiger partial charge in [-0.3, -0.25) is 14.4 Å².